The first-order chi connectivity index (χ1) is 10.8. The van der Waals surface area contributed by atoms with Crippen LogP contribution < -0.4 is 0 Å². The van der Waals surface area contributed by atoms with Gasteiger partial charge in [0, 0.05) is 19.0 Å². The summed E-state index contributed by atoms with van der Waals surface area (Å²) >= 11 is 0. The lowest BCUT2D eigenvalue weighted by Gasteiger charge is -2.23. The van der Waals surface area contributed by atoms with E-state index in [0.717, 1.165) is 25.9 Å². The second-order valence-corrected chi connectivity index (χ2v) is 7.14. The fourth-order valence-electron chi connectivity index (χ4n) is 3.09. The fraction of sp³-hybridized carbons (Fsp3) is 0.950. The van der Waals surface area contributed by atoms with Crippen LogP contribution in [-0.4, -0.2) is 23.9 Å². The highest BCUT2D eigenvalue weighted by molar-refractivity contribution is 5.81. The van der Waals surface area contributed by atoms with E-state index in [1.807, 2.05) is 0 Å². The van der Waals surface area contributed by atoms with Gasteiger partial charge >= 0.3 is 0 Å². The third-order valence-corrected chi connectivity index (χ3v) is 4.80. The molecule has 0 bridgehead atoms. The van der Waals surface area contributed by atoms with Gasteiger partial charge in [-0.1, -0.05) is 78.1 Å². The van der Waals surface area contributed by atoms with Gasteiger partial charge in [-0.05, 0) is 25.7 Å². The Bertz CT molecular complexity index is 257. The zero-order valence-electron chi connectivity index (χ0n) is 15.2. The molecule has 22 heavy (non-hydrogen) atoms. The average Bonchev–Trinajstić information content (AvgIpc) is 3.36. The number of nitrogens with zero attached hydrogens (tertiary/aromatic N) is 1. The van der Waals surface area contributed by atoms with Gasteiger partial charge in [0.25, 0.3) is 0 Å². The Balaban J connectivity index is 2.12. The van der Waals surface area contributed by atoms with E-state index in [0.29, 0.717) is 11.8 Å². The first-order valence-corrected chi connectivity index (χ1v) is 10.1. The maximum absolute atomic E-state index is 12.4. The van der Waals surface area contributed by atoms with Crippen LogP contribution in [0.5, 0.6) is 0 Å². The average molecular weight is 310 g/mol. The molecule has 0 unspecified atom stereocenters. The van der Waals surface area contributed by atoms with Crippen molar-refractivity contribution in [1.29, 1.82) is 0 Å². The van der Waals surface area contributed by atoms with Crippen LogP contribution in [0.15, 0.2) is 0 Å². The summed E-state index contributed by atoms with van der Waals surface area (Å²) in [6.07, 6.45) is 18.1. The van der Waals surface area contributed by atoms with Crippen LogP contribution in [0.2, 0.25) is 0 Å². The first-order valence-electron chi connectivity index (χ1n) is 10.1. The van der Waals surface area contributed by atoms with Crippen molar-refractivity contribution in [3.63, 3.8) is 0 Å². The van der Waals surface area contributed by atoms with Gasteiger partial charge in [0.1, 0.15) is 0 Å². The second-order valence-electron chi connectivity index (χ2n) is 7.14. The molecule has 2 heteroatoms. The van der Waals surface area contributed by atoms with Crippen LogP contribution in [0.4, 0.5) is 0 Å². The molecule has 0 aromatic rings. The van der Waals surface area contributed by atoms with E-state index in [1.165, 1.54) is 77.0 Å². The van der Waals surface area contributed by atoms with Gasteiger partial charge in [-0.2, -0.15) is 0 Å². The lowest BCUT2D eigenvalue weighted by Crippen LogP contribution is -2.34. The van der Waals surface area contributed by atoms with E-state index in [-0.39, 0.29) is 0 Å². The van der Waals surface area contributed by atoms with Crippen LogP contribution in [0.3, 0.4) is 0 Å². The van der Waals surface area contributed by atoms with Gasteiger partial charge in [0.2, 0.25) is 5.91 Å². The van der Waals surface area contributed by atoms with Gasteiger partial charge in [0.05, 0.1) is 0 Å². The number of amides is 1. The minimum atomic E-state index is 0.389. The van der Waals surface area contributed by atoms with Crippen molar-refractivity contribution >= 4 is 5.91 Å². The summed E-state index contributed by atoms with van der Waals surface area (Å²) in [6, 6.07) is 0. The molecule has 0 heterocycles. The van der Waals surface area contributed by atoms with Crippen molar-refractivity contribution in [3.05, 3.63) is 0 Å². The molecule has 2 nitrogen and oxygen atoms in total. The molecule has 1 saturated carbocycles. The van der Waals surface area contributed by atoms with E-state index in [2.05, 4.69) is 18.7 Å². The van der Waals surface area contributed by atoms with E-state index in [4.69, 9.17) is 0 Å². The molecule has 130 valence electrons. The third kappa shape index (κ3) is 9.48. The highest BCUT2D eigenvalue weighted by Gasteiger charge is 2.32. The molecule has 1 amide bonds. The standard InChI is InChI=1S/C20H39NO/c1-3-5-7-9-11-13-17-21(20(22)19-15-16-19)18-14-12-10-8-6-4-2/h19H,3-18H2,1-2H3. The summed E-state index contributed by atoms with van der Waals surface area (Å²) in [5.74, 6) is 0.849. The minimum absolute atomic E-state index is 0.389. The van der Waals surface area contributed by atoms with Crippen molar-refractivity contribution in [2.24, 2.45) is 5.92 Å². The predicted octanol–water partition coefficient (Wildman–Crippen LogP) is 5.95. The Labute approximate surface area is 139 Å². The van der Waals surface area contributed by atoms with E-state index in [9.17, 15) is 4.79 Å². The quantitative estimate of drug-likeness (QED) is 0.342. The topological polar surface area (TPSA) is 20.3 Å². The Morgan fingerprint density at radius 3 is 1.55 bits per heavy atom. The zero-order chi connectivity index (χ0) is 16.0. The Hall–Kier alpha value is -0.530. The molecule has 0 N–H and O–H groups in total. The molecule has 0 spiro atoms. The van der Waals surface area contributed by atoms with E-state index < -0.39 is 0 Å². The van der Waals surface area contributed by atoms with Crippen molar-refractivity contribution in [2.45, 2.75) is 104 Å². The summed E-state index contributed by atoms with van der Waals surface area (Å²) in [5, 5.41) is 0. The molecule has 1 fully saturated rings. The van der Waals surface area contributed by atoms with Crippen molar-refractivity contribution in [3.8, 4) is 0 Å². The highest BCUT2D eigenvalue weighted by atomic mass is 16.2. The lowest BCUT2D eigenvalue weighted by atomic mass is 10.1. The van der Waals surface area contributed by atoms with Gasteiger partial charge < -0.3 is 4.90 Å². The van der Waals surface area contributed by atoms with Crippen LogP contribution in [0.1, 0.15) is 104 Å². The Kier molecular flexibility index (Phi) is 11.5. The van der Waals surface area contributed by atoms with E-state index in [1.54, 1.807) is 0 Å². The van der Waals surface area contributed by atoms with Gasteiger partial charge in [-0.25, -0.2) is 0 Å². The minimum Gasteiger partial charge on any atom is -0.342 e. The smallest absolute Gasteiger partial charge is 0.225 e. The SMILES string of the molecule is CCCCCCCCN(CCCCCCCC)C(=O)C1CC1. The fourth-order valence-corrected chi connectivity index (χ4v) is 3.09. The predicted molar refractivity (Wildman–Crippen MR) is 96.1 cm³/mol. The summed E-state index contributed by atoms with van der Waals surface area (Å²) in [7, 11) is 0. The molecule has 0 aromatic carbocycles. The van der Waals surface area contributed by atoms with Crippen LogP contribution >= 0.6 is 0 Å². The van der Waals surface area contributed by atoms with Gasteiger partial charge in [0.15, 0.2) is 0 Å². The molecule has 0 aliphatic heterocycles. The first kappa shape index (κ1) is 19.5. The van der Waals surface area contributed by atoms with Crippen molar-refractivity contribution < 1.29 is 4.79 Å². The zero-order valence-corrected chi connectivity index (χ0v) is 15.2. The lowest BCUT2D eigenvalue weighted by molar-refractivity contribution is -0.132. The van der Waals surface area contributed by atoms with Crippen molar-refractivity contribution in [1.82, 2.24) is 4.90 Å². The number of hydrogen-bond acceptors (Lipinski definition) is 1. The molecule has 0 radical (unpaired) electrons. The normalized spacial score (nSPS) is 14.3. The van der Waals surface area contributed by atoms with Crippen LogP contribution in [0.25, 0.3) is 0 Å². The summed E-state index contributed by atoms with van der Waals surface area (Å²) in [4.78, 5) is 14.6. The number of unbranched alkanes of at least 4 members (excludes halogenated alkanes) is 10. The second kappa shape index (κ2) is 13.0. The highest BCUT2D eigenvalue weighted by Crippen LogP contribution is 2.31. The van der Waals surface area contributed by atoms with Gasteiger partial charge in [-0.15, -0.1) is 0 Å². The molecule has 1 aliphatic rings. The largest absolute Gasteiger partial charge is 0.342 e. The summed E-state index contributed by atoms with van der Waals surface area (Å²) in [6.45, 7) is 6.54. The molecule has 0 saturated heterocycles. The third-order valence-electron chi connectivity index (χ3n) is 4.80. The molecule has 0 aromatic heterocycles. The Morgan fingerprint density at radius 1 is 0.727 bits per heavy atom. The summed E-state index contributed by atoms with van der Waals surface area (Å²) < 4.78 is 0. The number of carbonyl (C=O) groups is 1. The maximum atomic E-state index is 12.4. The number of rotatable bonds is 15. The maximum Gasteiger partial charge on any atom is 0.225 e. The molecule has 0 atom stereocenters. The molecular weight excluding hydrogens is 270 g/mol. The number of carbonyl (C=O) groups excluding carboxylic acids is 1. The van der Waals surface area contributed by atoms with E-state index >= 15 is 0 Å². The monoisotopic (exact) mass is 309 g/mol. The Morgan fingerprint density at radius 2 is 1.14 bits per heavy atom. The van der Waals surface area contributed by atoms with Crippen LogP contribution in [0, 0.1) is 5.92 Å². The summed E-state index contributed by atoms with van der Waals surface area (Å²) in [5.41, 5.74) is 0. The number of hydrogen-bond donors (Lipinski definition) is 0. The van der Waals surface area contributed by atoms with Crippen LogP contribution in [-0.2, 0) is 4.79 Å². The molecular formula is C20H39NO. The van der Waals surface area contributed by atoms with Gasteiger partial charge in [-0.3, -0.25) is 4.79 Å². The molecule has 1 rings (SSSR count). The van der Waals surface area contributed by atoms with Crippen molar-refractivity contribution in [2.75, 3.05) is 13.1 Å². The molecule has 1 aliphatic carbocycles.